The second-order valence-electron chi connectivity index (χ2n) is 3.76. The Morgan fingerprint density at radius 2 is 2.00 bits per heavy atom. The maximum Gasteiger partial charge on any atom is 0.279 e. The second-order valence-corrected chi connectivity index (χ2v) is 5.63. The SMILES string of the molecule is CCCCOCCNS(=O)(=O)N(C)CCCO. The summed E-state index contributed by atoms with van der Waals surface area (Å²) >= 11 is 0. The van der Waals surface area contributed by atoms with Gasteiger partial charge in [-0.15, -0.1) is 0 Å². The van der Waals surface area contributed by atoms with Crippen molar-refractivity contribution in [3.8, 4) is 0 Å². The van der Waals surface area contributed by atoms with Crippen LogP contribution >= 0.6 is 0 Å². The minimum absolute atomic E-state index is 0.0139. The molecule has 0 unspecified atom stereocenters. The molecular formula is C10H24N2O4S. The van der Waals surface area contributed by atoms with Crippen molar-refractivity contribution in [1.82, 2.24) is 9.03 Å². The van der Waals surface area contributed by atoms with Crippen molar-refractivity contribution >= 4 is 10.2 Å². The van der Waals surface area contributed by atoms with Crippen LogP contribution in [0.1, 0.15) is 26.2 Å². The van der Waals surface area contributed by atoms with Gasteiger partial charge >= 0.3 is 0 Å². The molecule has 0 fully saturated rings. The van der Waals surface area contributed by atoms with E-state index in [1.807, 2.05) is 0 Å². The van der Waals surface area contributed by atoms with Crippen LogP contribution in [0, 0.1) is 0 Å². The third kappa shape index (κ3) is 8.50. The number of rotatable bonds is 11. The van der Waals surface area contributed by atoms with Gasteiger partial charge in [-0.1, -0.05) is 13.3 Å². The molecular weight excluding hydrogens is 244 g/mol. The monoisotopic (exact) mass is 268 g/mol. The van der Waals surface area contributed by atoms with Gasteiger partial charge in [0.1, 0.15) is 0 Å². The molecule has 0 saturated heterocycles. The molecule has 0 rings (SSSR count). The third-order valence-electron chi connectivity index (χ3n) is 2.21. The molecule has 0 radical (unpaired) electrons. The number of hydrogen-bond donors (Lipinski definition) is 2. The average Bonchev–Trinajstić information content (AvgIpc) is 2.30. The van der Waals surface area contributed by atoms with Crippen molar-refractivity contribution in [3.05, 3.63) is 0 Å². The Labute approximate surface area is 104 Å². The smallest absolute Gasteiger partial charge is 0.279 e. The zero-order valence-corrected chi connectivity index (χ0v) is 11.5. The molecule has 0 bridgehead atoms. The molecule has 0 spiro atoms. The first kappa shape index (κ1) is 16.8. The van der Waals surface area contributed by atoms with E-state index in [1.165, 1.54) is 11.4 Å². The van der Waals surface area contributed by atoms with Crippen molar-refractivity contribution in [1.29, 1.82) is 0 Å². The van der Waals surface area contributed by atoms with Gasteiger partial charge in [0.05, 0.1) is 6.61 Å². The molecule has 0 aliphatic heterocycles. The molecule has 0 atom stereocenters. The standard InChI is InChI=1S/C10H24N2O4S/c1-3-4-9-16-10-6-11-17(14,15)12(2)7-5-8-13/h11,13H,3-10H2,1-2H3. The summed E-state index contributed by atoms with van der Waals surface area (Å²) in [6, 6.07) is 0. The van der Waals surface area contributed by atoms with Gasteiger partial charge in [-0.25, -0.2) is 0 Å². The quantitative estimate of drug-likeness (QED) is 0.515. The summed E-state index contributed by atoms with van der Waals surface area (Å²) in [5.74, 6) is 0. The minimum Gasteiger partial charge on any atom is -0.396 e. The molecule has 0 aromatic carbocycles. The number of nitrogens with one attached hydrogen (secondary N) is 1. The number of aliphatic hydroxyl groups is 1. The molecule has 0 aromatic heterocycles. The van der Waals surface area contributed by atoms with E-state index in [9.17, 15) is 8.42 Å². The summed E-state index contributed by atoms with van der Waals surface area (Å²) in [5.41, 5.74) is 0. The average molecular weight is 268 g/mol. The Kier molecular flexibility index (Phi) is 9.66. The lowest BCUT2D eigenvalue weighted by molar-refractivity contribution is 0.136. The van der Waals surface area contributed by atoms with Gasteiger partial charge < -0.3 is 9.84 Å². The van der Waals surface area contributed by atoms with E-state index in [0.29, 0.717) is 26.2 Å². The normalized spacial score (nSPS) is 12.2. The summed E-state index contributed by atoms with van der Waals surface area (Å²) in [4.78, 5) is 0. The predicted molar refractivity (Wildman–Crippen MR) is 67.0 cm³/mol. The van der Waals surface area contributed by atoms with Crippen LogP contribution in [0.5, 0.6) is 0 Å². The van der Waals surface area contributed by atoms with Crippen molar-refractivity contribution in [2.24, 2.45) is 0 Å². The summed E-state index contributed by atoms with van der Waals surface area (Å²) in [7, 11) is -1.95. The van der Waals surface area contributed by atoms with Crippen LogP contribution in [0.15, 0.2) is 0 Å². The largest absolute Gasteiger partial charge is 0.396 e. The molecule has 7 heteroatoms. The number of unbranched alkanes of at least 4 members (excludes halogenated alkanes) is 1. The molecule has 0 aliphatic carbocycles. The molecule has 6 nitrogen and oxygen atoms in total. The number of aliphatic hydroxyl groups excluding tert-OH is 1. The summed E-state index contributed by atoms with van der Waals surface area (Å²) in [6.45, 7) is 3.69. The van der Waals surface area contributed by atoms with E-state index >= 15 is 0 Å². The van der Waals surface area contributed by atoms with E-state index < -0.39 is 10.2 Å². The Morgan fingerprint density at radius 3 is 2.59 bits per heavy atom. The predicted octanol–water partition coefficient (Wildman–Crippen LogP) is -0.0483. The van der Waals surface area contributed by atoms with Crippen molar-refractivity contribution in [2.45, 2.75) is 26.2 Å². The number of nitrogens with zero attached hydrogens (tertiary/aromatic N) is 1. The van der Waals surface area contributed by atoms with Gasteiger partial charge in [0.2, 0.25) is 0 Å². The highest BCUT2D eigenvalue weighted by Crippen LogP contribution is 1.95. The van der Waals surface area contributed by atoms with E-state index in [0.717, 1.165) is 12.8 Å². The van der Waals surface area contributed by atoms with E-state index in [4.69, 9.17) is 9.84 Å². The van der Waals surface area contributed by atoms with Crippen LogP contribution < -0.4 is 4.72 Å². The Balaban J connectivity index is 3.70. The van der Waals surface area contributed by atoms with Crippen LogP contribution in [0.25, 0.3) is 0 Å². The highest BCUT2D eigenvalue weighted by atomic mass is 32.2. The molecule has 0 amide bonds. The van der Waals surface area contributed by atoms with Crippen LogP contribution in [-0.4, -0.2) is 57.8 Å². The van der Waals surface area contributed by atoms with Crippen molar-refractivity contribution in [3.63, 3.8) is 0 Å². The molecule has 0 saturated carbocycles. The highest BCUT2D eigenvalue weighted by Gasteiger charge is 2.15. The van der Waals surface area contributed by atoms with Gasteiger partial charge in [0.15, 0.2) is 0 Å². The zero-order valence-electron chi connectivity index (χ0n) is 10.7. The highest BCUT2D eigenvalue weighted by molar-refractivity contribution is 7.87. The molecule has 2 N–H and O–H groups in total. The van der Waals surface area contributed by atoms with E-state index in [2.05, 4.69) is 11.6 Å². The van der Waals surface area contributed by atoms with E-state index in [-0.39, 0.29) is 13.2 Å². The molecule has 104 valence electrons. The Morgan fingerprint density at radius 1 is 1.29 bits per heavy atom. The van der Waals surface area contributed by atoms with Crippen molar-refractivity contribution < 1.29 is 18.3 Å². The molecule has 17 heavy (non-hydrogen) atoms. The topological polar surface area (TPSA) is 78.9 Å². The lowest BCUT2D eigenvalue weighted by atomic mass is 10.4. The van der Waals surface area contributed by atoms with Gasteiger partial charge in [-0.2, -0.15) is 17.4 Å². The van der Waals surface area contributed by atoms with Gasteiger partial charge in [0, 0.05) is 33.4 Å². The Hall–Kier alpha value is -0.210. The summed E-state index contributed by atoms with van der Waals surface area (Å²) in [6.07, 6.45) is 2.49. The van der Waals surface area contributed by atoms with Crippen LogP contribution in [0.3, 0.4) is 0 Å². The van der Waals surface area contributed by atoms with Crippen molar-refractivity contribution in [2.75, 3.05) is 40.0 Å². The first-order chi connectivity index (χ1) is 8.04. The van der Waals surface area contributed by atoms with Crippen LogP contribution in [0.2, 0.25) is 0 Å². The second kappa shape index (κ2) is 9.78. The lowest BCUT2D eigenvalue weighted by Crippen LogP contribution is -2.40. The first-order valence-corrected chi connectivity index (χ1v) is 7.38. The fraction of sp³-hybridized carbons (Fsp3) is 1.00. The molecule has 0 heterocycles. The van der Waals surface area contributed by atoms with Gasteiger partial charge in [-0.3, -0.25) is 0 Å². The number of ether oxygens (including phenoxy) is 1. The molecule has 0 aliphatic rings. The fourth-order valence-electron chi connectivity index (χ4n) is 1.12. The zero-order chi connectivity index (χ0) is 13.1. The van der Waals surface area contributed by atoms with Gasteiger partial charge in [-0.05, 0) is 12.8 Å². The van der Waals surface area contributed by atoms with Crippen LogP contribution in [0.4, 0.5) is 0 Å². The minimum atomic E-state index is -3.43. The van der Waals surface area contributed by atoms with Gasteiger partial charge in [0.25, 0.3) is 10.2 Å². The maximum absolute atomic E-state index is 11.6. The first-order valence-electron chi connectivity index (χ1n) is 5.94. The Bertz CT molecular complexity index is 269. The fourth-order valence-corrected chi connectivity index (χ4v) is 2.05. The lowest BCUT2D eigenvalue weighted by Gasteiger charge is -2.17. The van der Waals surface area contributed by atoms with E-state index in [1.54, 1.807) is 0 Å². The van der Waals surface area contributed by atoms with Crippen LogP contribution in [-0.2, 0) is 14.9 Å². The maximum atomic E-state index is 11.6. The third-order valence-corrected chi connectivity index (χ3v) is 3.79. The summed E-state index contributed by atoms with van der Waals surface area (Å²) in [5, 5.41) is 8.62. The summed E-state index contributed by atoms with van der Waals surface area (Å²) < 4.78 is 32.1. The molecule has 0 aromatic rings. The number of hydrogen-bond acceptors (Lipinski definition) is 4.